The molecular weight excluding hydrogens is 218 g/mol. The maximum Gasteiger partial charge on any atom is 0.323 e. The minimum atomic E-state index is -0.246. The largest absolute Gasteiger partial charge is 0.468 e. The van der Waals surface area contributed by atoms with Gasteiger partial charge < -0.3 is 14.6 Å². The van der Waals surface area contributed by atoms with Crippen molar-refractivity contribution in [2.75, 3.05) is 13.7 Å². The molecule has 0 spiro atoms. The van der Waals surface area contributed by atoms with Gasteiger partial charge in [-0.2, -0.15) is 0 Å². The van der Waals surface area contributed by atoms with Crippen LogP contribution >= 0.6 is 0 Å². The number of aryl methyl sites for hydroxylation is 1. The first-order chi connectivity index (χ1) is 8.06. The van der Waals surface area contributed by atoms with Crippen LogP contribution in [-0.2, 0) is 16.1 Å². The highest BCUT2D eigenvalue weighted by atomic mass is 16.5. The molecule has 1 unspecified atom stereocenters. The van der Waals surface area contributed by atoms with Gasteiger partial charge in [0.05, 0.1) is 7.11 Å². The Labute approximate surface area is 102 Å². The summed E-state index contributed by atoms with van der Waals surface area (Å²) in [5.74, 6) is 0.986. The maximum absolute atomic E-state index is 11.5. The molecule has 5 nitrogen and oxygen atoms in total. The third-order valence-electron chi connectivity index (χ3n) is 2.76. The predicted octanol–water partition coefficient (Wildman–Crippen LogP) is 0.979. The number of esters is 1. The molecule has 0 bridgehead atoms. The van der Waals surface area contributed by atoms with Crippen molar-refractivity contribution < 1.29 is 9.53 Å². The van der Waals surface area contributed by atoms with Crippen molar-refractivity contribution in [2.24, 2.45) is 5.92 Å². The van der Waals surface area contributed by atoms with E-state index in [1.807, 2.05) is 31.5 Å². The average Bonchev–Trinajstić information content (AvgIpc) is 2.69. The van der Waals surface area contributed by atoms with Crippen LogP contribution in [0.1, 0.15) is 19.7 Å². The van der Waals surface area contributed by atoms with Gasteiger partial charge in [-0.3, -0.25) is 4.79 Å². The van der Waals surface area contributed by atoms with E-state index in [9.17, 15) is 4.79 Å². The summed E-state index contributed by atoms with van der Waals surface area (Å²) in [6.45, 7) is 7.47. The molecule has 1 heterocycles. The van der Waals surface area contributed by atoms with Crippen LogP contribution < -0.4 is 5.32 Å². The Bertz CT molecular complexity index is 360. The zero-order valence-corrected chi connectivity index (χ0v) is 10.9. The van der Waals surface area contributed by atoms with Gasteiger partial charge in [0.2, 0.25) is 0 Å². The molecular formula is C12H21N3O2. The molecule has 1 atom stereocenters. The topological polar surface area (TPSA) is 56.1 Å². The number of methoxy groups -OCH3 is 1. The van der Waals surface area contributed by atoms with Crippen LogP contribution in [0.3, 0.4) is 0 Å². The number of nitrogens with zero attached hydrogens (tertiary/aromatic N) is 2. The number of hydrogen-bond donors (Lipinski definition) is 1. The van der Waals surface area contributed by atoms with Crippen molar-refractivity contribution in [1.29, 1.82) is 0 Å². The van der Waals surface area contributed by atoms with Crippen molar-refractivity contribution >= 4 is 5.97 Å². The average molecular weight is 239 g/mol. The van der Waals surface area contributed by atoms with E-state index >= 15 is 0 Å². The molecule has 1 N–H and O–H groups in total. The molecule has 0 aliphatic rings. The zero-order chi connectivity index (χ0) is 12.8. The van der Waals surface area contributed by atoms with Crippen molar-refractivity contribution in [3.05, 3.63) is 18.2 Å². The Balaban J connectivity index is 2.43. The molecule has 0 radical (unpaired) electrons. The fraction of sp³-hybridized carbons (Fsp3) is 0.667. The third kappa shape index (κ3) is 3.85. The molecule has 0 aliphatic carbocycles. The molecule has 96 valence electrons. The highest BCUT2D eigenvalue weighted by Crippen LogP contribution is 2.03. The number of rotatable bonds is 6. The molecule has 17 heavy (non-hydrogen) atoms. The quantitative estimate of drug-likeness (QED) is 0.752. The summed E-state index contributed by atoms with van der Waals surface area (Å²) in [7, 11) is 1.42. The second-order valence-electron chi connectivity index (χ2n) is 4.37. The summed E-state index contributed by atoms with van der Waals surface area (Å²) in [6.07, 6.45) is 3.70. The fourth-order valence-corrected chi connectivity index (χ4v) is 1.70. The Kier molecular flexibility index (Phi) is 5.15. The summed E-state index contributed by atoms with van der Waals surface area (Å²) in [5, 5.41) is 3.21. The van der Waals surface area contributed by atoms with E-state index in [1.54, 1.807) is 6.20 Å². The highest BCUT2D eigenvalue weighted by molar-refractivity contribution is 5.75. The van der Waals surface area contributed by atoms with Crippen LogP contribution in [0, 0.1) is 12.8 Å². The number of imidazole rings is 1. The Morgan fingerprint density at radius 3 is 2.76 bits per heavy atom. The van der Waals surface area contributed by atoms with Gasteiger partial charge in [-0.05, 0) is 12.8 Å². The zero-order valence-electron chi connectivity index (χ0n) is 10.9. The molecule has 0 fully saturated rings. The van der Waals surface area contributed by atoms with Gasteiger partial charge in [-0.15, -0.1) is 0 Å². The molecule has 0 saturated heterocycles. The monoisotopic (exact) mass is 239 g/mol. The molecule has 1 rings (SSSR count). The Hall–Kier alpha value is -1.36. The number of carbonyl (C=O) groups is 1. The number of ether oxygens (including phenoxy) is 1. The molecule has 0 aliphatic heterocycles. The van der Waals surface area contributed by atoms with E-state index in [2.05, 4.69) is 10.3 Å². The van der Waals surface area contributed by atoms with Crippen molar-refractivity contribution in [3.63, 3.8) is 0 Å². The normalized spacial score (nSPS) is 12.8. The lowest BCUT2D eigenvalue weighted by atomic mass is 10.1. The Morgan fingerprint density at radius 1 is 1.59 bits per heavy atom. The second kappa shape index (κ2) is 6.39. The van der Waals surface area contributed by atoms with Crippen molar-refractivity contribution in [3.8, 4) is 0 Å². The van der Waals surface area contributed by atoms with Gasteiger partial charge in [0.25, 0.3) is 0 Å². The van der Waals surface area contributed by atoms with Crippen molar-refractivity contribution in [2.45, 2.75) is 33.4 Å². The fourth-order valence-electron chi connectivity index (χ4n) is 1.70. The van der Waals surface area contributed by atoms with Crippen LogP contribution in [0.25, 0.3) is 0 Å². The molecule has 1 aromatic heterocycles. The van der Waals surface area contributed by atoms with Crippen LogP contribution in [0.15, 0.2) is 12.4 Å². The van der Waals surface area contributed by atoms with E-state index in [-0.39, 0.29) is 17.9 Å². The number of hydrogen-bond acceptors (Lipinski definition) is 4. The maximum atomic E-state index is 11.5. The van der Waals surface area contributed by atoms with E-state index in [4.69, 9.17) is 4.74 Å². The molecule has 1 aromatic rings. The third-order valence-corrected chi connectivity index (χ3v) is 2.76. The number of aromatic nitrogens is 2. The standard InChI is InChI=1S/C12H21N3O2/c1-9(2)11(12(16)17-4)14-6-8-15-7-5-13-10(15)3/h5,7,9,11,14H,6,8H2,1-4H3. The predicted molar refractivity (Wildman–Crippen MR) is 65.6 cm³/mol. The van der Waals surface area contributed by atoms with Crippen LogP contribution in [0.5, 0.6) is 0 Å². The highest BCUT2D eigenvalue weighted by Gasteiger charge is 2.21. The van der Waals surface area contributed by atoms with Gasteiger partial charge in [0.15, 0.2) is 0 Å². The van der Waals surface area contributed by atoms with Crippen LogP contribution in [-0.4, -0.2) is 35.2 Å². The van der Waals surface area contributed by atoms with Gasteiger partial charge >= 0.3 is 5.97 Å². The second-order valence-corrected chi connectivity index (χ2v) is 4.37. The number of nitrogens with one attached hydrogen (secondary N) is 1. The molecule has 0 amide bonds. The summed E-state index contributed by atoms with van der Waals surface area (Å²) in [6, 6.07) is -0.246. The van der Waals surface area contributed by atoms with E-state index in [0.29, 0.717) is 0 Å². The van der Waals surface area contributed by atoms with E-state index in [1.165, 1.54) is 7.11 Å². The van der Waals surface area contributed by atoms with Gasteiger partial charge in [0.1, 0.15) is 11.9 Å². The summed E-state index contributed by atoms with van der Waals surface area (Å²) >= 11 is 0. The van der Waals surface area contributed by atoms with Gasteiger partial charge in [-0.1, -0.05) is 13.8 Å². The summed E-state index contributed by atoms with van der Waals surface area (Å²) in [5.41, 5.74) is 0. The minimum absolute atomic E-state index is 0.206. The lowest BCUT2D eigenvalue weighted by Crippen LogP contribution is -2.43. The molecule has 0 saturated carbocycles. The lowest BCUT2D eigenvalue weighted by molar-refractivity contribution is -0.144. The van der Waals surface area contributed by atoms with E-state index in [0.717, 1.165) is 18.9 Å². The van der Waals surface area contributed by atoms with Crippen molar-refractivity contribution in [1.82, 2.24) is 14.9 Å². The molecule has 5 heteroatoms. The Morgan fingerprint density at radius 2 is 2.29 bits per heavy atom. The first kappa shape index (κ1) is 13.7. The first-order valence-electron chi connectivity index (χ1n) is 5.85. The first-order valence-corrected chi connectivity index (χ1v) is 5.85. The van der Waals surface area contributed by atoms with Crippen LogP contribution in [0.2, 0.25) is 0 Å². The number of carbonyl (C=O) groups excluding carboxylic acids is 1. The van der Waals surface area contributed by atoms with E-state index < -0.39 is 0 Å². The van der Waals surface area contributed by atoms with Gasteiger partial charge in [0, 0.05) is 25.5 Å². The smallest absolute Gasteiger partial charge is 0.323 e. The van der Waals surface area contributed by atoms with Crippen LogP contribution in [0.4, 0.5) is 0 Å². The SMILES string of the molecule is COC(=O)C(NCCn1ccnc1C)C(C)C. The minimum Gasteiger partial charge on any atom is -0.468 e. The summed E-state index contributed by atoms with van der Waals surface area (Å²) < 4.78 is 6.81. The van der Waals surface area contributed by atoms with Gasteiger partial charge in [-0.25, -0.2) is 4.98 Å². The molecule has 0 aromatic carbocycles. The summed E-state index contributed by atoms with van der Waals surface area (Å²) in [4.78, 5) is 15.7. The lowest BCUT2D eigenvalue weighted by Gasteiger charge is -2.20.